The number of nitrogens with zero attached hydrogens (tertiary/aromatic N) is 4. The van der Waals surface area contributed by atoms with Gasteiger partial charge < -0.3 is 19.5 Å². The van der Waals surface area contributed by atoms with Gasteiger partial charge in [-0.15, -0.1) is 0 Å². The Morgan fingerprint density at radius 3 is 2.19 bits per heavy atom. The second-order valence-electron chi connectivity index (χ2n) is 10.8. The molecule has 0 spiro atoms. The minimum absolute atomic E-state index is 0.0433. The molecule has 13 heteroatoms. The van der Waals surface area contributed by atoms with Gasteiger partial charge in [-0.05, 0) is 23.3 Å². The average Bonchev–Trinajstić information content (AvgIpc) is 3.65. The number of carbonyl (C=O) groups is 3. The number of halogens is 2. The van der Waals surface area contributed by atoms with E-state index >= 15 is 8.78 Å². The minimum Gasteiger partial charge on any atom is -0.455 e. The van der Waals surface area contributed by atoms with Crippen LogP contribution in [0.15, 0.2) is 104 Å². The van der Waals surface area contributed by atoms with Crippen LogP contribution in [0.3, 0.4) is 0 Å². The smallest absolute Gasteiger partial charge is 0.303 e. The van der Waals surface area contributed by atoms with Crippen molar-refractivity contribution in [3.05, 3.63) is 120 Å². The SMILES string of the molecule is CC(=O)O[C@H]1[C@H](n2cnc3c(NC(=O)c4ccccc4)ncnc32)O[C@](C(=O)Cc2ccccc2)(C(F)F)[C@H]1OCc1ccccc1. The second kappa shape index (κ2) is 13.5. The van der Waals surface area contributed by atoms with Crippen molar-refractivity contribution in [3.8, 4) is 0 Å². The number of anilines is 1. The highest BCUT2D eigenvalue weighted by atomic mass is 19.3. The number of aromatic nitrogens is 4. The minimum atomic E-state index is -3.40. The highest BCUT2D eigenvalue weighted by Gasteiger charge is 2.67. The van der Waals surface area contributed by atoms with E-state index in [4.69, 9.17) is 14.2 Å². The van der Waals surface area contributed by atoms with E-state index in [9.17, 15) is 14.4 Å². The normalized spacial score (nSPS) is 20.7. The summed E-state index contributed by atoms with van der Waals surface area (Å²) >= 11 is 0. The lowest BCUT2D eigenvalue weighted by Gasteiger charge is -2.32. The molecule has 240 valence electrons. The van der Waals surface area contributed by atoms with Crippen LogP contribution in [0.5, 0.6) is 0 Å². The molecule has 1 aliphatic rings. The predicted molar refractivity (Wildman–Crippen MR) is 164 cm³/mol. The summed E-state index contributed by atoms with van der Waals surface area (Å²) in [5, 5.41) is 2.68. The van der Waals surface area contributed by atoms with Crippen LogP contribution in [0.1, 0.15) is 34.6 Å². The lowest BCUT2D eigenvalue weighted by Crippen LogP contribution is -2.57. The van der Waals surface area contributed by atoms with Crippen molar-refractivity contribution in [2.45, 2.75) is 50.4 Å². The first-order valence-corrected chi connectivity index (χ1v) is 14.7. The number of rotatable bonds is 11. The number of alkyl halides is 2. The molecule has 47 heavy (non-hydrogen) atoms. The molecule has 11 nitrogen and oxygen atoms in total. The summed E-state index contributed by atoms with van der Waals surface area (Å²) in [7, 11) is 0. The van der Waals surface area contributed by atoms with Crippen LogP contribution >= 0.6 is 0 Å². The predicted octanol–water partition coefficient (Wildman–Crippen LogP) is 4.94. The van der Waals surface area contributed by atoms with E-state index in [0.29, 0.717) is 16.7 Å². The van der Waals surface area contributed by atoms with Crippen molar-refractivity contribution in [2.75, 3.05) is 5.32 Å². The van der Waals surface area contributed by atoms with Gasteiger partial charge in [-0.2, -0.15) is 0 Å². The molecule has 0 saturated carbocycles. The summed E-state index contributed by atoms with van der Waals surface area (Å²) in [6, 6.07) is 25.6. The van der Waals surface area contributed by atoms with Crippen LogP contribution in [0, 0.1) is 0 Å². The van der Waals surface area contributed by atoms with Crippen LogP contribution in [-0.2, 0) is 36.8 Å². The highest BCUT2D eigenvalue weighted by Crippen LogP contribution is 2.46. The molecular formula is C34H29F2N5O6. The van der Waals surface area contributed by atoms with Gasteiger partial charge in [-0.25, -0.2) is 23.7 Å². The number of amides is 1. The Hall–Kier alpha value is -5.40. The number of hydrogen-bond acceptors (Lipinski definition) is 9. The van der Waals surface area contributed by atoms with Crippen molar-refractivity contribution < 1.29 is 37.4 Å². The van der Waals surface area contributed by atoms with Gasteiger partial charge in [0.05, 0.1) is 12.9 Å². The van der Waals surface area contributed by atoms with Gasteiger partial charge in [0.1, 0.15) is 12.4 Å². The zero-order chi connectivity index (χ0) is 33.0. The molecule has 0 unspecified atom stereocenters. The first-order chi connectivity index (χ1) is 22.8. The molecule has 0 radical (unpaired) electrons. The molecule has 1 N–H and O–H groups in total. The number of benzene rings is 3. The molecule has 5 aromatic rings. The third-order valence-electron chi connectivity index (χ3n) is 7.76. The van der Waals surface area contributed by atoms with E-state index in [2.05, 4.69) is 20.3 Å². The molecule has 0 bridgehead atoms. The van der Waals surface area contributed by atoms with Crippen LogP contribution in [0.2, 0.25) is 0 Å². The van der Waals surface area contributed by atoms with Gasteiger partial charge in [0.25, 0.3) is 12.3 Å². The Kier molecular flexibility index (Phi) is 9.09. The molecule has 3 heterocycles. The fourth-order valence-electron chi connectivity index (χ4n) is 5.57. The van der Waals surface area contributed by atoms with Crippen LogP contribution in [0.25, 0.3) is 11.2 Å². The van der Waals surface area contributed by atoms with E-state index in [1.54, 1.807) is 91.0 Å². The van der Waals surface area contributed by atoms with Crippen LogP contribution in [-0.4, -0.2) is 61.4 Å². The summed E-state index contributed by atoms with van der Waals surface area (Å²) in [4.78, 5) is 52.1. The van der Waals surface area contributed by atoms with Crippen molar-refractivity contribution in [3.63, 3.8) is 0 Å². The van der Waals surface area contributed by atoms with E-state index in [0.717, 1.165) is 13.3 Å². The van der Waals surface area contributed by atoms with E-state index < -0.39 is 54.5 Å². The van der Waals surface area contributed by atoms with Crippen LogP contribution in [0.4, 0.5) is 14.6 Å². The molecular weight excluding hydrogens is 612 g/mol. The molecule has 4 atom stereocenters. The van der Waals surface area contributed by atoms with Crippen molar-refractivity contribution >= 4 is 34.6 Å². The maximum Gasteiger partial charge on any atom is 0.303 e. The Balaban J connectivity index is 1.42. The first kappa shape index (κ1) is 31.6. The number of Topliss-reactive ketones (excluding diaryl/α,β-unsaturated/α-hetero) is 1. The van der Waals surface area contributed by atoms with Gasteiger partial charge in [0, 0.05) is 18.9 Å². The maximum absolute atomic E-state index is 15.5. The van der Waals surface area contributed by atoms with Crippen molar-refractivity contribution in [1.82, 2.24) is 19.5 Å². The molecule has 1 amide bonds. The number of imidazole rings is 1. The number of esters is 1. The standard InChI is InChI=1S/C34H29F2N5O6/c1-21(42)46-27-28(45-18-23-13-7-3-8-14-23)34(33(35)36,25(43)17-22-11-5-2-6-12-22)47-32(27)41-20-39-26-29(37-19-38-30(26)41)40-31(44)24-15-9-4-10-16-24/h2-16,19-20,27-28,32-33H,17-18H2,1H3,(H,37,38,40,44)/t27-,28+,32-,34+/m1/s1. The molecule has 1 aliphatic heterocycles. The Labute approximate surface area is 267 Å². The van der Waals surface area contributed by atoms with Crippen LogP contribution < -0.4 is 5.32 Å². The van der Waals surface area contributed by atoms with Gasteiger partial charge in [-0.1, -0.05) is 78.9 Å². The van der Waals surface area contributed by atoms with Crippen molar-refractivity contribution in [1.29, 1.82) is 0 Å². The highest BCUT2D eigenvalue weighted by molar-refractivity contribution is 6.06. The summed E-state index contributed by atoms with van der Waals surface area (Å²) in [5.74, 6) is -2.20. The van der Waals surface area contributed by atoms with E-state index in [-0.39, 0.29) is 23.6 Å². The molecule has 6 rings (SSSR count). The number of ether oxygens (including phenoxy) is 3. The molecule has 0 aliphatic carbocycles. The number of nitrogens with one attached hydrogen (secondary N) is 1. The fraction of sp³-hybridized carbons (Fsp3) is 0.235. The second-order valence-corrected chi connectivity index (χ2v) is 10.8. The lowest BCUT2D eigenvalue weighted by molar-refractivity contribution is -0.194. The summed E-state index contributed by atoms with van der Waals surface area (Å²) in [6.45, 7) is 0.930. The van der Waals surface area contributed by atoms with Gasteiger partial charge in [-0.3, -0.25) is 19.0 Å². The number of carbonyl (C=O) groups excluding carboxylic acids is 3. The summed E-state index contributed by atoms with van der Waals surface area (Å²) < 4.78 is 50.0. The van der Waals surface area contributed by atoms with Gasteiger partial charge in [0.2, 0.25) is 5.60 Å². The Bertz CT molecular complexity index is 1880. The number of fused-ring (bicyclic) bond motifs is 1. The number of hydrogen-bond donors (Lipinski definition) is 1. The topological polar surface area (TPSA) is 135 Å². The molecule has 3 aromatic carbocycles. The summed E-state index contributed by atoms with van der Waals surface area (Å²) in [6.07, 6.45) is -6.24. The molecule has 2 aromatic heterocycles. The first-order valence-electron chi connectivity index (χ1n) is 14.7. The Morgan fingerprint density at radius 2 is 1.55 bits per heavy atom. The zero-order valence-electron chi connectivity index (χ0n) is 25.0. The molecule has 1 fully saturated rings. The zero-order valence-corrected chi connectivity index (χ0v) is 25.0. The van der Waals surface area contributed by atoms with E-state index in [1.165, 1.54) is 10.9 Å². The maximum atomic E-state index is 15.5. The third kappa shape index (κ3) is 6.35. The largest absolute Gasteiger partial charge is 0.455 e. The van der Waals surface area contributed by atoms with Gasteiger partial charge >= 0.3 is 5.97 Å². The fourth-order valence-corrected chi connectivity index (χ4v) is 5.57. The third-order valence-corrected chi connectivity index (χ3v) is 7.76. The van der Waals surface area contributed by atoms with E-state index in [1.807, 2.05) is 0 Å². The molecule has 1 saturated heterocycles. The van der Waals surface area contributed by atoms with Crippen molar-refractivity contribution in [2.24, 2.45) is 0 Å². The average molecular weight is 642 g/mol. The van der Waals surface area contributed by atoms with Gasteiger partial charge in [0.15, 0.2) is 35.1 Å². The number of ketones is 1. The summed E-state index contributed by atoms with van der Waals surface area (Å²) in [5.41, 5.74) is -1.21. The quantitative estimate of drug-likeness (QED) is 0.199. The Morgan fingerprint density at radius 1 is 0.915 bits per heavy atom. The lowest BCUT2D eigenvalue weighted by atomic mass is 9.87. The monoisotopic (exact) mass is 641 g/mol.